The van der Waals surface area contributed by atoms with Gasteiger partial charge in [0.1, 0.15) is 6.29 Å². The quantitative estimate of drug-likeness (QED) is 0.237. The molecule has 0 radical (unpaired) electrons. The average molecular weight is 262 g/mol. The zero-order valence-electron chi connectivity index (χ0n) is 11.2. The highest BCUT2D eigenvalue weighted by molar-refractivity contribution is 6.60. The molecule has 0 unspecified atom stereocenters. The molecule has 0 N–H and O–H groups in total. The Kier molecular flexibility index (Phi) is 7.02. The second kappa shape index (κ2) is 8.64. The SMILES string of the molecule is C[SiH](C)N(N=CCCCCC=O)c1ccccc1. The molecule has 0 saturated carbocycles. The normalized spacial score (nSPS) is 11.1. The van der Waals surface area contributed by atoms with Crippen molar-refractivity contribution in [2.45, 2.75) is 38.8 Å². The van der Waals surface area contributed by atoms with Gasteiger partial charge in [0, 0.05) is 18.3 Å². The third-order valence-electron chi connectivity index (χ3n) is 2.62. The fourth-order valence-electron chi connectivity index (χ4n) is 1.69. The Morgan fingerprint density at radius 1 is 1.17 bits per heavy atom. The molecule has 1 aromatic rings. The molecule has 0 amide bonds. The van der Waals surface area contributed by atoms with Crippen LogP contribution in [0.5, 0.6) is 0 Å². The van der Waals surface area contributed by atoms with Crippen LogP contribution in [0.3, 0.4) is 0 Å². The lowest BCUT2D eigenvalue weighted by Crippen LogP contribution is -2.29. The molecule has 0 aromatic heterocycles. The lowest BCUT2D eigenvalue weighted by atomic mass is 10.2. The number of nitrogens with zero attached hydrogens (tertiary/aromatic N) is 2. The molecule has 0 aliphatic heterocycles. The second-order valence-corrected chi connectivity index (χ2v) is 7.20. The summed E-state index contributed by atoms with van der Waals surface area (Å²) < 4.78 is 2.15. The Balaban J connectivity index is 2.49. The van der Waals surface area contributed by atoms with Crippen LogP contribution in [-0.4, -0.2) is 21.5 Å². The molecule has 0 fully saturated rings. The van der Waals surface area contributed by atoms with Crippen molar-refractivity contribution >= 4 is 27.1 Å². The monoisotopic (exact) mass is 262 g/mol. The first-order valence-corrected chi connectivity index (χ1v) is 9.38. The third kappa shape index (κ3) is 5.27. The van der Waals surface area contributed by atoms with E-state index in [9.17, 15) is 4.79 Å². The first-order valence-electron chi connectivity index (χ1n) is 6.56. The second-order valence-electron chi connectivity index (χ2n) is 4.52. The summed E-state index contributed by atoms with van der Waals surface area (Å²) in [5, 5.41) is 4.57. The van der Waals surface area contributed by atoms with E-state index in [4.69, 9.17) is 0 Å². The fraction of sp³-hybridized carbons (Fsp3) is 0.429. The van der Waals surface area contributed by atoms with E-state index < -0.39 is 8.96 Å². The van der Waals surface area contributed by atoms with E-state index in [0.29, 0.717) is 6.42 Å². The minimum Gasteiger partial charge on any atom is -0.303 e. The number of hydrogen-bond acceptors (Lipinski definition) is 3. The molecular formula is C14H22N2OSi. The number of para-hydroxylation sites is 1. The first-order chi connectivity index (χ1) is 8.75. The summed E-state index contributed by atoms with van der Waals surface area (Å²) in [7, 11) is -0.998. The summed E-state index contributed by atoms with van der Waals surface area (Å²) in [6, 6.07) is 10.3. The minimum atomic E-state index is -0.998. The molecule has 0 aliphatic rings. The van der Waals surface area contributed by atoms with E-state index in [2.05, 4.69) is 35.0 Å². The molecule has 0 heterocycles. The van der Waals surface area contributed by atoms with Crippen molar-refractivity contribution in [1.29, 1.82) is 0 Å². The molecule has 0 atom stereocenters. The van der Waals surface area contributed by atoms with Crippen LogP contribution in [0.1, 0.15) is 25.7 Å². The predicted molar refractivity (Wildman–Crippen MR) is 80.8 cm³/mol. The Hall–Kier alpha value is -1.42. The van der Waals surface area contributed by atoms with Crippen LogP contribution in [0, 0.1) is 0 Å². The summed E-state index contributed by atoms with van der Waals surface area (Å²) >= 11 is 0. The molecule has 0 spiro atoms. The van der Waals surface area contributed by atoms with Gasteiger partial charge in [-0.25, -0.2) is 0 Å². The number of unbranched alkanes of at least 4 members (excludes halogenated alkanes) is 3. The largest absolute Gasteiger partial charge is 0.303 e. The number of carbonyl (C=O) groups excluding carboxylic acids is 1. The first kappa shape index (κ1) is 14.6. The van der Waals surface area contributed by atoms with Gasteiger partial charge in [-0.05, 0) is 31.4 Å². The van der Waals surface area contributed by atoms with Crippen LogP contribution in [-0.2, 0) is 4.79 Å². The van der Waals surface area contributed by atoms with Crippen molar-refractivity contribution in [3.05, 3.63) is 30.3 Å². The molecular weight excluding hydrogens is 240 g/mol. The maximum absolute atomic E-state index is 10.2. The number of hydrogen-bond donors (Lipinski definition) is 0. The highest BCUT2D eigenvalue weighted by atomic mass is 28.3. The zero-order chi connectivity index (χ0) is 13.2. The van der Waals surface area contributed by atoms with Gasteiger partial charge < -0.3 is 4.79 Å². The van der Waals surface area contributed by atoms with Gasteiger partial charge in [-0.1, -0.05) is 31.3 Å². The zero-order valence-corrected chi connectivity index (χ0v) is 12.4. The minimum absolute atomic E-state index is 0.662. The van der Waals surface area contributed by atoms with Crippen molar-refractivity contribution in [2.75, 3.05) is 4.67 Å². The van der Waals surface area contributed by atoms with Crippen LogP contribution >= 0.6 is 0 Å². The summed E-state index contributed by atoms with van der Waals surface area (Å²) in [6.07, 6.45) is 6.55. The highest BCUT2D eigenvalue weighted by Gasteiger charge is 2.08. The topological polar surface area (TPSA) is 32.7 Å². The van der Waals surface area contributed by atoms with E-state index in [1.807, 2.05) is 24.4 Å². The van der Waals surface area contributed by atoms with Gasteiger partial charge in [-0.15, -0.1) is 0 Å². The van der Waals surface area contributed by atoms with Gasteiger partial charge in [0.05, 0.1) is 0 Å². The van der Waals surface area contributed by atoms with Crippen molar-refractivity contribution in [1.82, 2.24) is 0 Å². The van der Waals surface area contributed by atoms with Crippen molar-refractivity contribution in [3.8, 4) is 0 Å². The molecule has 0 bridgehead atoms. The molecule has 98 valence electrons. The van der Waals surface area contributed by atoms with E-state index >= 15 is 0 Å². The van der Waals surface area contributed by atoms with Crippen LogP contribution in [0.15, 0.2) is 35.4 Å². The van der Waals surface area contributed by atoms with Gasteiger partial charge in [-0.3, -0.25) is 4.67 Å². The summed E-state index contributed by atoms with van der Waals surface area (Å²) in [4.78, 5) is 10.2. The number of carbonyl (C=O) groups is 1. The molecule has 3 nitrogen and oxygen atoms in total. The maximum Gasteiger partial charge on any atom is 0.164 e. The predicted octanol–water partition coefficient (Wildman–Crippen LogP) is 3.22. The molecule has 1 aromatic carbocycles. The van der Waals surface area contributed by atoms with Gasteiger partial charge in [-0.2, -0.15) is 5.10 Å². The Morgan fingerprint density at radius 2 is 1.83 bits per heavy atom. The summed E-state index contributed by atoms with van der Waals surface area (Å²) in [6.45, 7) is 4.52. The van der Waals surface area contributed by atoms with Gasteiger partial charge in [0.2, 0.25) is 0 Å². The van der Waals surface area contributed by atoms with E-state index in [1.165, 1.54) is 5.69 Å². The lowest BCUT2D eigenvalue weighted by Gasteiger charge is -2.22. The van der Waals surface area contributed by atoms with Crippen LogP contribution in [0.2, 0.25) is 13.1 Å². The lowest BCUT2D eigenvalue weighted by molar-refractivity contribution is -0.107. The van der Waals surface area contributed by atoms with Gasteiger partial charge in [0.25, 0.3) is 0 Å². The Bertz CT molecular complexity index is 365. The Labute approximate surface area is 111 Å². The molecule has 1 rings (SSSR count). The number of rotatable bonds is 8. The van der Waals surface area contributed by atoms with Gasteiger partial charge >= 0.3 is 0 Å². The van der Waals surface area contributed by atoms with Crippen LogP contribution < -0.4 is 4.67 Å². The van der Waals surface area contributed by atoms with Crippen molar-refractivity contribution in [2.24, 2.45) is 5.10 Å². The number of benzene rings is 1. The Morgan fingerprint density at radius 3 is 2.44 bits per heavy atom. The van der Waals surface area contributed by atoms with E-state index in [1.54, 1.807) is 0 Å². The average Bonchev–Trinajstić information content (AvgIpc) is 2.38. The molecule has 0 saturated heterocycles. The van der Waals surface area contributed by atoms with Crippen LogP contribution in [0.25, 0.3) is 0 Å². The fourth-order valence-corrected chi connectivity index (χ4v) is 2.82. The van der Waals surface area contributed by atoms with Gasteiger partial charge in [0.15, 0.2) is 8.96 Å². The number of aldehydes is 1. The smallest absolute Gasteiger partial charge is 0.164 e. The molecule has 0 aliphatic carbocycles. The third-order valence-corrected chi connectivity index (χ3v) is 4.03. The van der Waals surface area contributed by atoms with Crippen LogP contribution in [0.4, 0.5) is 5.69 Å². The summed E-state index contributed by atoms with van der Waals surface area (Å²) in [5.41, 5.74) is 1.17. The summed E-state index contributed by atoms with van der Waals surface area (Å²) in [5.74, 6) is 0. The van der Waals surface area contributed by atoms with Crippen molar-refractivity contribution in [3.63, 3.8) is 0 Å². The molecule has 4 heteroatoms. The standard InChI is InChI=1S/C14H22N2OSi/c1-18(2)16(14-10-6-5-7-11-14)15-12-8-3-4-9-13-17/h5-7,10-13,18H,3-4,8-9H2,1-2H3. The van der Waals surface area contributed by atoms with Crippen molar-refractivity contribution < 1.29 is 4.79 Å². The van der Waals surface area contributed by atoms with E-state index in [0.717, 1.165) is 25.5 Å². The maximum atomic E-state index is 10.2. The van der Waals surface area contributed by atoms with E-state index in [-0.39, 0.29) is 0 Å². The number of anilines is 1. The molecule has 18 heavy (non-hydrogen) atoms. The number of hydrazone groups is 1. The highest BCUT2D eigenvalue weighted by Crippen LogP contribution is 2.15.